The lowest BCUT2D eigenvalue weighted by molar-refractivity contribution is 0.512. The zero-order valence-corrected chi connectivity index (χ0v) is 9.44. The number of nitrogens with zero attached hydrogens (tertiary/aromatic N) is 1. The fourth-order valence-electron chi connectivity index (χ4n) is 2.04. The minimum absolute atomic E-state index is 0.103. The van der Waals surface area contributed by atoms with Gasteiger partial charge in [0.1, 0.15) is 11.6 Å². The molecule has 1 saturated heterocycles. The number of likely N-dealkylation sites (tertiary alicyclic amines) is 1. The summed E-state index contributed by atoms with van der Waals surface area (Å²) in [6.45, 7) is 1.39. The molecule has 1 atom stereocenters. The summed E-state index contributed by atoms with van der Waals surface area (Å²) in [5.41, 5.74) is 6.18. The van der Waals surface area contributed by atoms with Crippen LogP contribution in [0.15, 0.2) is 18.2 Å². The summed E-state index contributed by atoms with van der Waals surface area (Å²) in [6, 6.07) is 3.62. The Morgan fingerprint density at radius 2 is 1.94 bits per heavy atom. The lowest BCUT2D eigenvalue weighted by Crippen LogP contribution is -2.33. The van der Waals surface area contributed by atoms with Crippen LogP contribution in [-0.4, -0.2) is 23.1 Å². The Morgan fingerprint density at radius 3 is 2.44 bits per heavy atom. The molecule has 1 heterocycles. The van der Waals surface area contributed by atoms with E-state index < -0.39 is 11.6 Å². The predicted molar refractivity (Wildman–Crippen MR) is 62.1 cm³/mol. The molecule has 0 saturated carbocycles. The molecule has 1 aromatic carbocycles. The summed E-state index contributed by atoms with van der Waals surface area (Å²) in [5.74, 6) is -0.973. The minimum Gasteiger partial charge on any atom is -0.376 e. The van der Waals surface area contributed by atoms with Crippen molar-refractivity contribution in [3.63, 3.8) is 0 Å². The van der Waals surface area contributed by atoms with Gasteiger partial charge < -0.3 is 10.6 Å². The zero-order valence-electron chi connectivity index (χ0n) is 8.62. The Labute approximate surface area is 98.0 Å². The first-order valence-corrected chi connectivity index (χ1v) is 5.47. The fraction of sp³-hybridized carbons (Fsp3) is 0.364. The highest BCUT2D eigenvalue weighted by atomic mass is 32.1. The summed E-state index contributed by atoms with van der Waals surface area (Å²) in [4.78, 5) is 1.85. The van der Waals surface area contributed by atoms with E-state index in [4.69, 9.17) is 18.0 Å². The van der Waals surface area contributed by atoms with Crippen molar-refractivity contribution in [1.82, 2.24) is 4.90 Å². The van der Waals surface area contributed by atoms with Crippen molar-refractivity contribution >= 4 is 17.3 Å². The van der Waals surface area contributed by atoms with E-state index in [0.29, 0.717) is 17.2 Å². The molecule has 1 aliphatic heterocycles. The van der Waals surface area contributed by atoms with E-state index in [2.05, 4.69) is 0 Å². The number of hydrogen-bond acceptors (Lipinski definition) is 1. The molecule has 0 bridgehead atoms. The Hall–Kier alpha value is -1.23. The number of hydrogen-bond donors (Lipinski definition) is 1. The van der Waals surface area contributed by atoms with Gasteiger partial charge >= 0.3 is 0 Å². The molecule has 16 heavy (non-hydrogen) atoms. The molecule has 2 N–H and O–H groups in total. The van der Waals surface area contributed by atoms with Crippen molar-refractivity contribution in [2.45, 2.75) is 12.3 Å². The van der Waals surface area contributed by atoms with Gasteiger partial charge in [-0.05, 0) is 36.3 Å². The molecule has 86 valence electrons. The zero-order chi connectivity index (χ0) is 11.7. The lowest BCUT2D eigenvalue weighted by Gasteiger charge is -2.16. The molecule has 0 aliphatic carbocycles. The van der Waals surface area contributed by atoms with Gasteiger partial charge in [0, 0.05) is 25.1 Å². The van der Waals surface area contributed by atoms with Gasteiger partial charge in [0.25, 0.3) is 0 Å². The van der Waals surface area contributed by atoms with Gasteiger partial charge in [0.2, 0.25) is 0 Å². The fourth-order valence-corrected chi connectivity index (χ4v) is 2.21. The Morgan fingerprint density at radius 1 is 1.31 bits per heavy atom. The van der Waals surface area contributed by atoms with Crippen molar-refractivity contribution < 1.29 is 8.78 Å². The second-order valence-electron chi connectivity index (χ2n) is 3.97. The van der Waals surface area contributed by atoms with Gasteiger partial charge in [-0.15, -0.1) is 0 Å². The first-order valence-electron chi connectivity index (χ1n) is 5.06. The van der Waals surface area contributed by atoms with Crippen LogP contribution < -0.4 is 5.73 Å². The first-order chi connectivity index (χ1) is 7.56. The van der Waals surface area contributed by atoms with E-state index in [1.54, 1.807) is 0 Å². The van der Waals surface area contributed by atoms with Gasteiger partial charge in [-0.3, -0.25) is 0 Å². The van der Waals surface area contributed by atoms with Crippen LogP contribution in [0.5, 0.6) is 0 Å². The summed E-state index contributed by atoms with van der Waals surface area (Å²) in [6.07, 6.45) is 0.820. The maximum absolute atomic E-state index is 13.0. The van der Waals surface area contributed by atoms with E-state index in [0.717, 1.165) is 19.0 Å². The molecule has 0 amide bonds. The van der Waals surface area contributed by atoms with Gasteiger partial charge in [-0.2, -0.15) is 0 Å². The van der Waals surface area contributed by atoms with Gasteiger partial charge in [0.05, 0.1) is 0 Å². The molecule has 0 aromatic heterocycles. The van der Waals surface area contributed by atoms with Crippen LogP contribution >= 0.6 is 12.2 Å². The minimum atomic E-state index is -0.538. The van der Waals surface area contributed by atoms with Crippen LogP contribution in [0.3, 0.4) is 0 Å². The van der Waals surface area contributed by atoms with E-state index in [1.807, 2.05) is 4.90 Å². The van der Waals surface area contributed by atoms with Crippen molar-refractivity contribution in [1.29, 1.82) is 0 Å². The molecule has 1 aliphatic rings. The number of nitrogens with two attached hydrogens (primary N) is 1. The molecular formula is C11H12F2N2S. The van der Waals surface area contributed by atoms with Gasteiger partial charge in [0.15, 0.2) is 5.11 Å². The van der Waals surface area contributed by atoms with Crippen LogP contribution in [0, 0.1) is 11.6 Å². The molecule has 0 radical (unpaired) electrons. The Bertz CT molecular complexity index is 402. The molecule has 1 fully saturated rings. The smallest absolute Gasteiger partial charge is 0.166 e. The van der Waals surface area contributed by atoms with E-state index in [1.165, 1.54) is 12.1 Å². The topological polar surface area (TPSA) is 29.3 Å². The number of halogens is 2. The third-order valence-electron chi connectivity index (χ3n) is 2.86. The molecule has 2 rings (SSSR count). The Kier molecular flexibility index (Phi) is 3.05. The summed E-state index contributed by atoms with van der Waals surface area (Å²) >= 11 is 4.87. The van der Waals surface area contributed by atoms with Crippen LogP contribution in [-0.2, 0) is 0 Å². The molecule has 5 heteroatoms. The van der Waals surface area contributed by atoms with Crippen molar-refractivity contribution in [2.75, 3.05) is 13.1 Å². The quantitative estimate of drug-likeness (QED) is 0.764. The van der Waals surface area contributed by atoms with E-state index in [-0.39, 0.29) is 5.92 Å². The second-order valence-corrected chi connectivity index (χ2v) is 4.39. The summed E-state index contributed by atoms with van der Waals surface area (Å²) < 4.78 is 26.1. The number of benzene rings is 1. The van der Waals surface area contributed by atoms with Gasteiger partial charge in [-0.1, -0.05) is 0 Å². The Balaban J connectivity index is 2.17. The van der Waals surface area contributed by atoms with Crippen LogP contribution in [0.25, 0.3) is 0 Å². The maximum atomic E-state index is 13.0. The second kappa shape index (κ2) is 4.33. The first kappa shape index (κ1) is 11.3. The predicted octanol–water partition coefficient (Wildman–Crippen LogP) is 2.00. The SMILES string of the molecule is NC(=S)N1CCC(c2cc(F)cc(F)c2)C1. The third kappa shape index (κ3) is 2.29. The van der Waals surface area contributed by atoms with Crippen molar-refractivity contribution in [2.24, 2.45) is 5.73 Å². The third-order valence-corrected chi connectivity index (χ3v) is 3.11. The van der Waals surface area contributed by atoms with E-state index in [9.17, 15) is 8.78 Å². The summed E-state index contributed by atoms with van der Waals surface area (Å²) in [7, 11) is 0. The highest BCUT2D eigenvalue weighted by Crippen LogP contribution is 2.27. The highest BCUT2D eigenvalue weighted by molar-refractivity contribution is 7.80. The molecule has 0 spiro atoms. The average Bonchev–Trinajstić information content (AvgIpc) is 2.64. The number of thiocarbonyl (C=S) groups is 1. The largest absolute Gasteiger partial charge is 0.376 e. The molecular weight excluding hydrogens is 230 g/mol. The van der Waals surface area contributed by atoms with E-state index >= 15 is 0 Å². The summed E-state index contributed by atoms with van der Waals surface area (Å²) in [5, 5.41) is 0.347. The lowest BCUT2D eigenvalue weighted by atomic mass is 9.98. The van der Waals surface area contributed by atoms with Gasteiger partial charge in [-0.25, -0.2) is 8.78 Å². The monoisotopic (exact) mass is 242 g/mol. The normalized spacial score (nSPS) is 20.1. The maximum Gasteiger partial charge on any atom is 0.166 e. The van der Waals surface area contributed by atoms with Crippen molar-refractivity contribution in [3.05, 3.63) is 35.4 Å². The molecule has 2 nitrogen and oxygen atoms in total. The van der Waals surface area contributed by atoms with Crippen molar-refractivity contribution in [3.8, 4) is 0 Å². The number of rotatable bonds is 1. The standard InChI is InChI=1S/C11H12F2N2S/c12-9-3-8(4-10(13)5-9)7-1-2-15(6-7)11(14)16/h3-5,7H,1-2,6H2,(H2,14,16). The average molecular weight is 242 g/mol. The molecule has 1 aromatic rings. The van der Waals surface area contributed by atoms with Crippen LogP contribution in [0.4, 0.5) is 8.78 Å². The molecule has 1 unspecified atom stereocenters. The van der Waals surface area contributed by atoms with Crippen LogP contribution in [0.2, 0.25) is 0 Å². The van der Waals surface area contributed by atoms with Crippen LogP contribution in [0.1, 0.15) is 17.9 Å². The highest BCUT2D eigenvalue weighted by Gasteiger charge is 2.25.